The second-order valence-electron chi connectivity index (χ2n) is 5.02. The average molecular weight is 479 g/mol. The fourth-order valence-corrected chi connectivity index (χ4v) is 3.60. The lowest BCUT2D eigenvalue weighted by Crippen LogP contribution is -2.07. The van der Waals surface area contributed by atoms with Crippen LogP contribution in [-0.4, -0.2) is 16.5 Å². The molecule has 0 unspecified atom stereocenters. The molecule has 1 heterocycles. The first-order valence-corrected chi connectivity index (χ1v) is 9.11. The molecule has 0 saturated heterocycles. The standard InChI is InChI=1S/C15H14BrClIN3/c1-2-19-15-12(18)13(8-3-4-8)20-14(21-15)10-7-9(16)5-6-11(10)17/h5-8H,2-4H2,1H3,(H,19,20,21). The smallest absolute Gasteiger partial charge is 0.163 e. The number of benzene rings is 1. The van der Waals surface area contributed by atoms with E-state index in [-0.39, 0.29) is 0 Å². The highest BCUT2D eigenvalue weighted by molar-refractivity contribution is 14.1. The van der Waals surface area contributed by atoms with Gasteiger partial charge in [0.2, 0.25) is 0 Å². The first-order chi connectivity index (χ1) is 10.1. The van der Waals surface area contributed by atoms with Crippen LogP contribution in [0.15, 0.2) is 22.7 Å². The Hall–Kier alpha value is -0.400. The van der Waals surface area contributed by atoms with Crippen LogP contribution in [0.1, 0.15) is 31.4 Å². The van der Waals surface area contributed by atoms with Crippen molar-refractivity contribution < 1.29 is 0 Å². The summed E-state index contributed by atoms with van der Waals surface area (Å²) in [4.78, 5) is 9.46. The highest BCUT2D eigenvalue weighted by atomic mass is 127. The highest BCUT2D eigenvalue weighted by Crippen LogP contribution is 2.43. The third-order valence-electron chi connectivity index (χ3n) is 3.35. The summed E-state index contributed by atoms with van der Waals surface area (Å²) in [6.07, 6.45) is 2.43. The summed E-state index contributed by atoms with van der Waals surface area (Å²) < 4.78 is 2.11. The molecule has 0 aliphatic heterocycles. The molecule has 0 radical (unpaired) electrons. The Morgan fingerprint density at radius 2 is 2.14 bits per heavy atom. The Kier molecular flexibility index (Phi) is 4.71. The molecule has 0 amide bonds. The lowest BCUT2D eigenvalue weighted by molar-refractivity contribution is 0.972. The summed E-state index contributed by atoms with van der Waals surface area (Å²) in [6, 6.07) is 5.76. The topological polar surface area (TPSA) is 37.8 Å². The van der Waals surface area contributed by atoms with Gasteiger partial charge in [-0.25, -0.2) is 9.97 Å². The zero-order chi connectivity index (χ0) is 15.0. The molecule has 1 aromatic carbocycles. The number of hydrogen-bond acceptors (Lipinski definition) is 3. The molecule has 0 atom stereocenters. The maximum Gasteiger partial charge on any atom is 0.163 e. The Bertz CT molecular complexity index is 689. The van der Waals surface area contributed by atoms with E-state index in [1.54, 1.807) is 0 Å². The Morgan fingerprint density at radius 1 is 1.38 bits per heavy atom. The zero-order valence-corrected chi connectivity index (χ0v) is 16.0. The molecule has 0 bridgehead atoms. The minimum Gasteiger partial charge on any atom is -0.369 e. The van der Waals surface area contributed by atoms with Crippen molar-refractivity contribution in [2.45, 2.75) is 25.7 Å². The number of halogens is 3. The Labute approximate surface area is 151 Å². The summed E-state index contributed by atoms with van der Waals surface area (Å²) in [6.45, 7) is 2.91. The van der Waals surface area contributed by atoms with Crippen LogP contribution in [0.3, 0.4) is 0 Å². The maximum atomic E-state index is 6.32. The molecule has 1 N–H and O–H groups in total. The molecule has 1 aliphatic carbocycles. The normalized spacial score (nSPS) is 14.3. The van der Waals surface area contributed by atoms with E-state index in [4.69, 9.17) is 16.6 Å². The molecule has 110 valence electrons. The molecule has 2 aromatic rings. The predicted octanol–water partition coefficient (Wildman–Crippen LogP) is 5.47. The molecule has 3 nitrogen and oxygen atoms in total. The van der Waals surface area contributed by atoms with Crippen molar-refractivity contribution in [2.75, 3.05) is 11.9 Å². The second kappa shape index (κ2) is 6.38. The van der Waals surface area contributed by atoms with Gasteiger partial charge in [-0.1, -0.05) is 27.5 Å². The van der Waals surface area contributed by atoms with Gasteiger partial charge in [0.25, 0.3) is 0 Å². The van der Waals surface area contributed by atoms with Crippen LogP contribution in [0.4, 0.5) is 5.82 Å². The first kappa shape index (κ1) is 15.5. The van der Waals surface area contributed by atoms with Crippen LogP contribution in [0.25, 0.3) is 11.4 Å². The lowest BCUT2D eigenvalue weighted by Gasteiger charge is -2.13. The van der Waals surface area contributed by atoms with E-state index in [0.717, 1.165) is 31.7 Å². The molecular formula is C15H14BrClIN3. The van der Waals surface area contributed by atoms with E-state index in [2.05, 4.69) is 55.7 Å². The molecule has 1 aromatic heterocycles. The maximum absolute atomic E-state index is 6.32. The van der Waals surface area contributed by atoms with E-state index in [1.807, 2.05) is 18.2 Å². The molecule has 0 spiro atoms. The second-order valence-corrected chi connectivity index (χ2v) is 7.43. The number of aromatic nitrogens is 2. The third-order valence-corrected chi connectivity index (χ3v) is 5.24. The van der Waals surface area contributed by atoms with Gasteiger partial charge >= 0.3 is 0 Å². The molecule has 1 aliphatic rings. The van der Waals surface area contributed by atoms with E-state index < -0.39 is 0 Å². The van der Waals surface area contributed by atoms with Crippen molar-refractivity contribution in [1.29, 1.82) is 0 Å². The summed E-state index contributed by atoms with van der Waals surface area (Å²) >= 11 is 12.2. The minimum atomic E-state index is 0.571. The van der Waals surface area contributed by atoms with Crippen molar-refractivity contribution in [3.8, 4) is 11.4 Å². The molecule has 1 saturated carbocycles. The minimum absolute atomic E-state index is 0.571. The predicted molar refractivity (Wildman–Crippen MR) is 99.0 cm³/mol. The Morgan fingerprint density at radius 3 is 2.81 bits per heavy atom. The Balaban J connectivity index is 2.15. The van der Waals surface area contributed by atoms with Gasteiger partial charge in [-0.3, -0.25) is 0 Å². The third kappa shape index (κ3) is 3.35. The first-order valence-electron chi connectivity index (χ1n) is 6.87. The molecule has 6 heteroatoms. The highest BCUT2D eigenvalue weighted by Gasteiger charge is 2.29. The van der Waals surface area contributed by atoms with Gasteiger partial charge in [0, 0.05) is 22.5 Å². The van der Waals surface area contributed by atoms with E-state index in [0.29, 0.717) is 16.8 Å². The number of nitrogens with zero attached hydrogens (tertiary/aromatic N) is 2. The van der Waals surface area contributed by atoms with Crippen molar-refractivity contribution in [3.63, 3.8) is 0 Å². The van der Waals surface area contributed by atoms with Crippen molar-refractivity contribution in [1.82, 2.24) is 9.97 Å². The van der Waals surface area contributed by atoms with Gasteiger partial charge in [-0.2, -0.15) is 0 Å². The molecule has 3 rings (SSSR count). The van der Waals surface area contributed by atoms with Gasteiger partial charge in [0.05, 0.1) is 14.3 Å². The van der Waals surface area contributed by atoms with Gasteiger partial charge in [-0.15, -0.1) is 0 Å². The average Bonchev–Trinajstić information content (AvgIpc) is 3.28. The number of rotatable bonds is 4. The summed E-state index contributed by atoms with van der Waals surface area (Å²) in [5, 5.41) is 4.00. The molecular weight excluding hydrogens is 464 g/mol. The van der Waals surface area contributed by atoms with Crippen LogP contribution in [0.5, 0.6) is 0 Å². The van der Waals surface area contributed by atoms with Gasteiger partial charge in [-0.05, 0) is 60.6 Å². The van der Waals surface area contributed by atoms with E-state index >= 15 is 0 Å². The van der Waals surface area contributed by atoms with E-state index in [9.17, 15) is 0 Å². The van der Waals surface area contributed by atoms with Crippen LogP contribution >= 0.6 is 50.1 Å². The van der Waals surface area contributed by atoms with Gasteiger partial charge in [0.15, 0.2) is 5.82 Å². The van der Waals surface area contributed by atoms with Crippen molar-refractivity contribution >= 4 is 55.9 Å². The van der Waals surface area contributed by atoms with E-state index in [1.165, 1.54) is 12.8 Å². The van der Waals surface area contributed by atoms with Crippen LogP contribution in [0.2, 0.25) is 5.02 Å². The monoisotopic (exact) mass is 477 g/mol. The van der Waals surface area contributed by atoms with Crippen LogP contribution < -0.4 is 5.32 Å². The number of nitrogens with one attached hydrogen (secondary N) is 1. The SMILES string of the molecule is CCNc1nc(-c2cc(Br)ccc2Cl)nc(C2CC2)c1I. The fourth-order valence-electron chi connectivity index (χ4n) is 2.17. The number of hydrogen-bond donors (Lipinski definition) is 1. The van der Waals surface area contributed by atoms with Crippen LogP contribution in [0, 0.1) is 3.57 Å². The summed E-state index contributed by atoms with van der Waals surface area (Å²) in [5.74, 6) is 2.17. The van der Waals surface area contributed by atoms with Gasteiger partial charge in [0.1, 0.15) is 5.82 Å². The molecule has 21 heavy (non-hydrogen) atoms. The largest absolute Gasteiger partial charge is 0.369 e. The summed E-state index contributed by atoms with van der Waals surface area (Å²) in [5.41, 5.74) is 2.01. The zero-order valence-electron chi connectivity index (χ0n) is 11.5. The molecule has 1 fully saturated rings. The van der Waals surface area contributed by atoms with Crippen LogP contribution in [-0.2, 0) is 0 Å². The van der Waals surface area contributed by atoms with Crippen molar-refractivity contribution in [3.05, 3.63) is 37.0 Å². The number of anilines is 1. The summed E-state index contributed by atoms with van der Waals surface area (Å²) in [7, 11) is 0. The quantitative estimate of drug-likeness (QED) is 0.592. The lowest BCUT2D eigenvalue weighted by atomic mass is 10.2. The van der Waals surface area contributed by atoms with Crippen molar-refractivity contribution in [2.24, 2.45) is 0 Å². The van der Waals surface area contributed by atoms with Gasteiger partial charge < -0.3 is 5.32 Å². The fraction of sp³-hybridized carbons (Fsp3) is 0.333.